The molecule has 0 atom stereocenters. The summed E-state index contributed by atoms with van der Waals surface area (Å²) in [5.74, 6) is -1.22. The van der Waals surface area contributed by atoms with Gasteiger partial charge in [0.2, 0.25) is 5.95 Å². The molecule has 100 valence electrons. The van der Waals surface area contributed by atoms with Gasteiger partial charge in [0, 0.05) is 19.2 Å². The van der Waals surface area contributed by atoms with Gasteiger partial charge >= 0.3 is 5.97 Å². The second kappa shape index (κ2) is 7.44. The molecule has 1 rings (SSSR count). The van der Waals surface area contributed by atoms with Crippen molar-refractivity contribution in [3.05, 3.63) is 18.1 Å². The predicted molar refractivity (Wildman–Crippen MR) is 63.6 cm³/mol. The number of aliphatic carboxylic acids is 1. The number of carboxylic acid groups (broad SMARTS) is 1. The van der Waals surface area contributed by atoms with Crippen LogP contribution < -0.4 is 10.6 Å². The Kier molecular flexibility index (Phi) is 5.55. The molecule has 1 aromatic heterocycles. The molecular weight excluding hydrogens is 252 g/mol. The first-order valence-corrected chi connectivity index (χ1v) is 5.35. The monoisotopic (exact) mass is 264 g/mol. The highest BCUT2D eigenvalue weighted by molar-refractivity contribution is 5.97. The Hall–Kier alpha value is -2.89. The fourth-order valence-corrected chi connectivity index (χ4v) is 1.10. The van der Waals surface area contributed by atoms with Crippen molar-refractivity contribution in [1.29, 1.82) is 5.26 Å². The van der Waals surface area contributed by atoms with Gasteiger partial charge in [-0.15, -0.1) is 0 Å². The van der Waals surface area contributed by atoms with Crippen LogP contribution in [0.3, 0.4) is 0 Å². The number of hydrogen-bond donors (Lipinski definition) is 4. The van der Waals surface area contributed by atoms with Crippen molar-refractivity contribution in [3.63, 3.8) is 0 Å². The number of nitrogens with zero attached hydrogens (tertiary/aromatic N) is 3. The van der Waals surface area contributed by atoms with Crippen LogP contribution in [-0.2, 0) is 9.59 Å². The maximum atomic E-state index is 11.5. The number of nitrogens with one attached hydrogen (secondary N) is 3. The molecule has 0 unspecified atom stereocenters. The van der Waals surface area contributed by atoms with E-state index in [0.717, 1.165) is 0 Å². The molecule has 0 saturated carbocycles. The standard InChI is InChI=1S/C10H12N6O3/c11-4-7(5-13-10-14-6-15-16-10)9(19)12-3-1-2-8(17)18/h5-6H,1-3H2,(H,12,19)(H,17,18)(H2,13,14,15,16)/b7-5-. The maximum absolute atomic E-state index is 11.5. The maximum Gasteiger partial charge on any atom is 0.303 e. The van der Waals surface area contributed by atoms with Crippen LogP contribution in [0.4, 0.5) is 5.95 Å². The molecule has 0 bridgehead atoms. The third-order valence-electron chi connectivity index (χ3n) is 1.99. The van der Waals surface area contributed by atoms with Gasteiger partial charge in [0.1, 0.15) is 18.0 Å². The summed E-state index contributed by atoms with van der Waals surface area (Å²) in [5, 5.41) is 28.3. The third kappa shape index (κ3) is 5.31. The molecule has 0 aliphatic heterocycles. The second-order valence-corrected chi connectivity index (χ2v) is 3.40. The molecule has 0 aliphatic rings. The lowest BCUT2D eigenvalue weighted by atomic mass is 10.2. The molecule has 0 radical (unpaired) electrons. The number of aromatic amines is 1. The lowest BCUT2D eigenvalue weighted by Gasteiger charge is -2.02. The van der Waals surface area contributed by atoms with E-state index in [0.29, 0.717) is 12.4 Å². The molecule has 1 amide bonds. The number of aromatic nitrogens is 3. The molecule has 0 aliphatic carbocycles. The number of anilines is 1. The molecule has 0 spiro atoms. The second-order valence-electron chi connectivity index (χ2n) is 3.40. The minimum Gasteiger partial charge on any atom is -0.481 e. The van der Waals surface area contributed by atoms with E-state index in [4.69, 9.17) is 10.4 Å². The van der Waals surface area contributed by atoms with Crippen LogP contribution in [0.1, 0.15) is 12.8 Å². The Balaban J connectivity index is 2.41. The summed E-state index contributed by atoms with van der Waals surface area (Å²) in [5.41, 5.74) is -0.147. The van der Waals surface area contributed by atoms with Crippen molar-refractivity contribution in [2.24, 2.45) is 0 Å². The van der Waals surface area contributed by atoms with Crippen molar-refractivity contribution in [3.8, 4) is 6.07 Å². The van der Waals surface area contributed by atoms with Crippen molar-refractivity contribution in [2.75, 3.05) is 11.9 Å². The number of rotatable bonds is 7. The van der Waals surface area contributed by atoms with Crippen LogP contribution in [0, 0.1) is 11.3 Å². The van der Waals surface area contributed by atoms with Gasteiger partial charge in [-0.05, 0) is 6.42 Å². The van der Waals surface area contributed by atoms with E-state index < -0.39 is 11.9 Å². The van der Waals surface area contributed by atoms with Crippen LogP contribution in [0.15, 0.2) is 18.1 Å². The van der Waals surface area contributed by atoms with Gasteiger partial charge < -0.3 is 15.7 Å². The summed E-state index contributed by atoms with van der Waals surface area (Å²) in [6.45, 7) is 0.187. The van der Waals surface area contributed by atoms with Crippen LogP contribution in [0.25, 0.3) is 0 Å². The van der Waals surface area contributed by atoms with Crippen LogP contribution in [0.5, 0.6) is 0 Å². The first-order chi connectivity index (χ1) is 9.13. The first kappa shape index (κ1) is 14.2. The fraction of sp³-hybridized carbons (Fsp3) is 0.300. The topological polar surface area (TPSA) is 144 Å². The molecule has 1 aromatic rings. The van der Waals surface area contributed by atoms with Crippen LogP contribution in [-0.4, -0.2) is 38.7 Å². The van der Waals surface area contributed by atoms with E-state index in [2.05, 4.69) is 25.8 Å². The van der Waals surface area contributed by atoms with Gasteiger partial charge in [0.25, 0.3) is 5.91 Å². The first-order valence-electron chi connectivity index (χ1n) is 5.35. The lowest BCUT2D eigenvalue weighted by molar-refractivity contribution is -0.137. The molecule has 0 saturated heterocycles. The average Bonchev–Trinajstić information content (AvgIpc) is 2.88. The molecule has 0 aromatic carbocycles. The van der Waals surface area contributed by atoms with Gasteiger partial charge in [-0.2, -0.15) is 15.3 Å². The number of carboxylic acids is 1. The van der Waals surface area contributed by atoms with Crippen LogP contribution >= 0.6 is 0 Å². The summed E-state index contributed by atoms with van der Waals surface area (Å²) < 4.78 is 0. The van der Waals surface area contributed by atoms with E-state index in [9.17, 15) is 9.59 Å². The number of hydrogen-bond acceptors (Lipinski definition) is 6. The summed E-state index contributed by atoms with van der Waals surface area (Å²) in [4.78, 5) is 25.6. The highest BCUT2D eigenvalue weighted by Gasteiger charge is 2.08. The zero-order chi connectivity index (χ0) is 14.1. The average molecular weight is 264 g/mol. The molecule has 19 heavy (non-hydrogen) atoms. The van der Waals surface area contributed by atoms with E-state index in [1.54, 1.807) is 6.07 Å². The SMILES string of the molecule is N#C/C(=C/Nc1ncn[nH]1)C(=O)NCCCC(=O)O. The van der Waals surface area contributed by atoms with E-state index in [-0.39, 0.29) is 18.5 Å². The van der Waals surface area contributed by atoms with Gasteiger partial charge in [-0.1, -0.05) is 0 Å². The minimum absolute atomic E-state index is 0.0395. The lowest BCUT2D eigenvalue weighted by Crippen LogP contribution is -2.26. The Morgan fingerprint density at radius 2 is 2.37 bits per heavy atom. The molecule has 9 heteroatoms. The predicted octanol–water partition coefficient (Wildman–Crippen LogP) is -0.395. The number of carbonyl (C=O) groups is 2. The number of carbonyl (C=O) groups excluding carboxylic acids is 1. The Morgan fingerprint density at radius 3 is 2.95 bits per heavy atom. The van der Waals surface area contributed by atoms with Gasteiger partial charge in [0.15, 0.2) is 0 Å². The van der Waals surface area contributed by atoms with Gasteiger partial charge in [0.05, 0.1) is 0 Å². The largest absolute Gasteiger partial charge is 0.481 e. The van der Waals surface area contributed by atoms with Crippen molar-refractivity contribution in [2.45, 2.75) is 12.8 Å². The Labute approximate surface area is 108 Å². The summed E-state index contributed by atoms with van der Waals surface area (Å²) in [6, 6.07) is 1.72. The van der Waals surface area contributed by atoms with Gasteiger partial charge in [-0.3, -0.25) is 9.59 Å². The van der Waals surface area contributed by atoms with Crippen molar-refractivity contribution >= 4 is 17.8 Å². The molecule has 4 N–H and O–H groups in total. The number of amides is 1. The smallest absolute Gasteiger partial charge is 0.303 e. The summed E-state index contributed by atoms with van der Waals surface area (Å²) in [6.07, 6.45) is 2.72. The third-order valence-corrected chi connectivity index (χ3v) is 1.99. The van der Waals surface area contributed by atoms with Crippen LogP contribution in [0.2, 0.25) is 0 Å². The highest BCUT2D eigenvalue weighted by atomic mass is 16.4. The quantitative estimate of drug-likeness (QED) is 0.298. The Morgan fingerprint density at radius 1 is 1.58 bits per heavy atom. The molecular formula is C10H12N6O3. The summed E-state index contributed by atoms with van der Waals surface area (Å²) >= 11 is 0. The molecule has 0 fully saturated rings. The number of nitriles is 1. The Bertz CT molecular complexity index is 502. The number of H-pyrrole nitrogens is 1. The zero-order valence-electron chi connectivity index (χ0n) is 9.88. The zero-order valence-corrected chi connectivity index (χ0v) is 9.88. The van der Waals surface area contributed by atoms with E-state index in [1.807, 2.05) is 0 Å². The van der Waals surface area contributed by atoms with Crippen molar-refractivity contribution < 1.29 is 14.7 Å². The minimum atomic E-state index is -0.933. The van der Waals surface area contributed by atoms with E-state index in [1.165, 1.54) is 12.5 Å². The fourth-order valence-electron chi connectivity index (χ4n) is 1.10. The molecule has 9 nitrogen and oxygen atoms in total. The summed E-state index contributed by atoms with van der Waals surface area (Å²) in [7, 11) is 0. The van der Waals surface area contributed by atoms with Crippen molar-refractivity contribution in [1.82, 2.24) is 20.5 Å². The van der Waals surface area contributed by atoms with Gasteiger partial charge in [-0.25, -0.2) is 5.10 Å². The van der Waals surface area contributed by atoms with E-state index >= 15 is 0 Å². The highest BCUT2D eigenvalue weighted by Crippen LogP contribution is 1.97. The normalized spacial score (nSPS) is 10.6. The molecule has 1 heterocycles.